The van der Waals surface area contributed by atoms with Crippen LogP contribution >= 0.6 is 0 Å². The summed E-state index contributed by atoms with van der Waals surface area (Å²) in [5.41, 5.74) is 2.95. The van der Waals surface area contributed by atoms with E-state index >= 15 is 0 Å². The molecule has 4 saturated carbocycles. The molecule has 6 rings (SSSR count). The molecule has 0 radical (unpaired) electrons. The van der Waals surface area contributed by atoms with Gasteiger partial charge in [-0.2, -0.15) is 5.06 Å². The standard InChI is InChI=1S/C30H43NO5/c1-17-7-5-9-29(3)13-25-19(11-23(17)29)21(27(32)35-25)15-31(34)16-22-20-12-24-18(2)8-6-10-30(24,4)14-26(20)36-28(22)33/h19-26,34H,1-2,5-16H2,3-4H3/t19-,20+,21-,22-,23-,24+,25+,26+,29+,30-/m1/s1. The average molecular weight is 498 g/mol. The lowest BCUT2D eigenvalue weighted by atomic mass is 9.55. The van der Waals surface area contributed by atoms with E-state index in [-0.39, 0.29) is 71.7 Å². The average Bonchev–Trinajstić information content (AvgIpc) is 3.25. The van der Waals surface area contributed by atoms with Gasteiger partial charge in [-0.05, 0) is 86.9 Å². The molecule has 0 aromatic rings. The van der Waals surface area contributed by atoms with Crippen molar-refractivity contribution >= 4 is 11.9 Å². The Morgan fingerprint density at radius 3 is 1.67 bits per heavy atom. The van der Waals surface area contributed by atoms with E-state index in [1.54, 1.807) is 0 Å². The smallest absolute Gasteiger partial charge is 0.311 e. The van der Waals surface area contributed by atoms with Crippen molar-refractivity contribution in [3.8, 4) is 0 Å². The van der Waals surface area contributed by atoms with Gasteiger partial charge < -0.3 is 14.7 Å². The number of carbonyl (C=O) groups is 2. The van der Waals surface area contributed by atoms with Crippen molar-refractivity contribution in [2.24, 2.45) is 46.3 Å². The maximum atomic E-state index is 12.9. The van der Waals surface area contributed by atoms with Crippen LogP contribution in [0.2, 0.25) is 0 Å². The fourth-order valence-electron chi connectivity index (χ4n) is 9.46. The second-order valence-corrected chi connectivity index (χ2v) is 13.7. The first kappa shape index (κ1) is 24.7. The topological polar surface area (TPSA) is 76.1 Å². The van der Waals surface area contributed by atoms with Crippen molar-refractivity contribution in [2.75, 3.05) is 13.1 Å². The molecule has 2 heterocycles. The van der Waals surface area contributed by atoms with Crippen LogP contribution in [0, 0.1) is 46.3 Å². The Labute approximate surface area is 215 Å². The van der Waals surface area contributed by atoms with Crippen LogP contribution in [0.4, 0.5) is 0 Å². The third-order valence-electron chi connectivity index (χ3n) is 11.5. The largest absolute Gasteiger partial charge is 0.462 e. The molecule has 10 atom stereocenters. The first-order chi connectivity index (χ1) is 17.1. The third-order valence-corrected chi connectivity index (χ3v) is 11.5. The van der Waals surface area contributed by atoms with Crippen LogP contribution < -0.4 is 0 Å². The molecule has 36 heavy (non-hydrogen) atoms. The molecule has 1 N–H and O–H groups in total. The summed E-state index contributed by atoms with van der Waals surface area (Å²) in [5, 5.41) is 12.3. The highest BCUT2D eigenvalue weighted by Gasteiger charge is 2.57. The maximum absolute atomic E-state index is 12.9. The number of esters is 2. The zero-order chi connectivity index (χ0) is 25.4. The second kappa shape index (κ2) is 8.69. The highest BCUT2D eigenvalue weighted by atomic mass is 16.6. The molecule has 6 aliphatic rings. The number of fused-ring (bicyclic) bond motifs is 4. The van der Waals surface area contributed by atoms with Crippen molar-refractivity contribution in [3.05, 3.63) is 24.3 Å². The van der Waals surface area contributed by atoms with E-state index in [4.69, 9.17) is 9.47 Å². The fraction of sp³-hybridized carbons (Fsp3) is 0.800. The monoisotopic (exact) mass is 497 g/mol. The van der Waals surface area contributed by atoms with Gasteiger partial charge in [0.05, 0.1) is 11.8 Å². The molecule has 2 saturated heterocycles. The van der Waals surface area contributed by atoms with Gasteiger partial charge in [0, 0.05) is 24.9 Å². The molecule has 0 amide bonds. The van der Waals surface area contributed by atoms with Crippen LogP contribution in [0.25, 0.3) is 0 Å². The van der Waals surface area contributed by atoms with E-state index in [0.717, 1.165) is 64.2 Å². The highest BCUT2D eigenvalue weighted by molar-refractivity contribution is 5.76. The van der Waals surface area contributed by atoms with Gasteiger partial charge in [0.1, 0.15) is 12.2 Å². The van der Waals surface area contributed by atoms with Crippen LogP contribution in [0.3, 0.4) is 0 Å². The molecular formula is C30H43NO5. The Morgan fingerprint density at radius 2 is 1.25 bits per heavy atom. The number of nitrogens with zero attached hydrogens (tertiary/aromatic N) is 1. The number of hydrogen-bond donors (Lipinski definition) is 1. The lowest BCUT2D eigenvalue weighted by Crippen LogP contribution is -2.47. The van der Waals surface area contributed by atoms with Crippen LogP contribution in [0.15, 0.2) is 24.3 Å². The summed E-state index contributed by atoms with van der Waals surface area (Å²) in [4.78, 5) is 25.9. The summed E-state index contributed by atoms with van der Waals surface area (Å²) in [5.74, 6) is -0.0784. The molecule has 198 valence electrons. The van der Waals surface area contributed by atoms with E-state index in [1.807, 2.05) is 0 Å². The van der Waals surface area contributed by atoms with E-state index in [1.165, 1.54) is 16.2 Å². The molecule has 2 aliphatic heterocycles. The number of hydroxylamine groups is 2. The van der Waals surface area contributed by atoms with Gasteiger partial charge in [-0.3, -0.25) is 9.59 Å². The van der Waals surface area contributed by atoms with Crippen molar-refractivity contribution in [1.82, 2.24) is 5.06 Å². The summed E-state index contributed by atoms with van der Waals surface area (Å²) in [7, 11) is 0. The third kappa shape index (κ3) is 3.89. The Hall–Kier alpha value is -1.66. The van der Waals surface area contributed by atoms with Gasteiger partial charge in [-0.25, -0.2) is 0 Å². The molecule has 0 aromatic heterocycles. The maximum Gasteiger partial charge on any atom is 0.311 e. The summed E-state index contributed by atoms with van der Waals surface area (Å²) >= 11 is 0. The number of rotatable bonds is 4. The highest BCUT2D eigenvalue weighted by Crippen LogP contribution is 2.58. The fourth-order valence-corrected chi connectivity index (χ4v) is 9.46. The molecular weight excluding hydrogens is 454 g/mol. The van der Waals surface area contributed by atoms with Gasteiger partial charge in [0.15, 0.2) is 0 Å². The number of allylic oxidation sites excluding steroid dienone is 2. The minimum atomic E-state index is -0.361. The molecule has 0 aromatic carbocycles. The predicted octanol–water partition coefficient (Wildman–Crippen LogP) is 5.31. The van der Waals surface area contributed by atoms with E-state index in [0.29, 0.717) is 11.8 Å². The van der Waals surface area contributed by atoms with Crippen LogP contribution in [0.5, 0.6) is 0 Å². The summed E-state index contributed by atoms with van der Waals surface area (Å²) in [6.07, 6.45) is 10.2. The predicted molar refractivity (Wildman–Crippen MR) is 135 cm³/mol. The number of ether oxygens (including phenoxy) is 2. The van der Waals surface area contributed by atoms with Crippen molar-refractivity contribution in [3.63, 3.8) is 0 Å². The molecule has 0 bridgehead atoms. The van der Waals surface area contributed by atoms with Crippen molar-refractivity contribution in [1.29, 1.82) is 0 Å². The zero-order valence-corrected chi connectivity index (χ0v) is 22.0. The summed E-state index contributed by atoms with van der Waals surface area (Å²) < 4.78 is 11.8. The minimum absolute atomic E-state index is 0.0720. The lowest BCUT2D eigenvalue weighted by Gasteiger charge is -2.50. The molecule has 6 heteroatoms. The van der Waals surface area contributed by atoms with Gasteiger partial charge in [0.25, 0.3) is 0 Å². The van der Waals surface area contributed by atoms with Crippen LogP contribution in [-0.2, 0) is 19.1 Å². The lowest BCUT2D eigenvalue weighted by molar-refractivity contribution is -0.155. The second-order valence-electron chi connectivity index (χ2n) is 13.7. The Bertz CT molecular complexity index is 900. The SMILES string of the molecule is C=C1CCC[C@@]2(C)C[C@@H]3OC(=O)[C@H](CN(O)C[C@H]4C(=O)O[C@H]5C[C@@]6(C)CCCC(=C)[C@@H]6C[C@H]54)[C@H]3C[C@H]12. The van der Waals surface area contributed by atoms with Crippen molar-refractivity contribution in [2.45, 2.75) is 90.3 Å². The molecule has 4 aliphatic carbocycles. The normalized spacial score (nSPS) is 48.1. The van der Waals surface area contributed by atoms with E-state index in [2.05, 4.69) is 27.0 Å². The van der Waals surface area contributed by atoms with Gasteiger partial charge in [-0.15, -0.1) is 0 Å². The molecule has 0 unspecified atom stereocenters. The zero-order valence-electron chi connectivity index (χ0n) is 22.0. The van der Waals surface area contributed by atoms with Gasteiger partial charge in [-0.1, -0.05) is 38.2 Å². The first-order valence-electron chi connectivity index (χ1n) is 14.3. The Morgan fingerprint density at radius 1 is 0.833 bits per heavy atom. The Kier molecular flexibility index (Phi) is 5.95. The van der Waals surface area contributed by atoms with Gasteiger partial charge >= 0.3 is 11.9 Å². The minimum Gasteiger partial charge on any atom is -0.462 e. The number of hydrogen-bond acceptors (Lipinski definition) is 6. The van der Waals surface area contributed by atoms with Crippen LogP contribution in [0.1, 0.15) is 78.1 Å². The summed E-state index contributed by atoms with van der Waals surface area (Å²) in [6, 6.07) is 0. The van der Waals surface area contributed by atoms with E-state index in [9.17, 15) is 14.8 Å². The van der Waals surface area contributed by atoms with Crippen LogP contribution in [-0.4, -0.2) is 47.5 Å². The molecule has 0 spiro atoms. The summed E-state index contributed by atoms with van der Waals surface area (Å²) in [6.45, 7) is 13.8. The van der Waals surface area contributed by atoms with Gasteiger partial charge in [0.2, 0.25) is 0 Å². The molecule has 6 fully saturated rings. The molecule has 6 nitrogen and oxygen atoms in total. The quantitative estimate of drug-likeness (QED) is 0.322. The van der Waals surface area contributed by atoms with Crippen molar-refractivity contribution < 1.29 is 24.3 Å². The van der Waals surface area contributed by atoms with E-state index < -0.39 is 0 Å². The first-order valence-corrected chi connectivity index (χ1v) is 14.3. The Balaban J connectivity index is 1.13. The number of carbonyl (C=O) groups excluding carboxylic acids is 2.